The molecule has 2 heterocycles. The number of fused-ring (bicyclic) bond motifs is 1. The standard InChI is InChI=1S/C18H17ClN2O3/c1-11-9-14(18(23)24-2)13-5-3-4-6-15(13)21(11)17(22)12-7-8-16(19)20-10-12/h3-8,10-11,14H,9H2,1-2H3/t11-,14+/m0/s1. The Morgan fingerprint density at radius 2 is 2.00 bits per heavy atom. The van der Waals surface area contributed by atoms with Gasteiger partial charge in [-0.15, -0.1) is 0 Å². The van der Waals surface area contributed by atoms with Gasteiger partial charge in [0.25, 0.3) is 5.91 Å². The molecule has 0 aliphatic carbocycles. The molecule has 24 heavy (non-hydrogen) atoms. The smallest absolute Gasteiger partial charge is 0.313 e. The summed E-state index contributed by atoms with van der Waals surface area (Å²) >= 11 is 5.79. The van der Waals surface area contributed by atoms with Crippen molar-refractivity contribution in [3.05, 3.63) is 58.9 Å². The van der Waals surface area contributed by atoms with Gasteiger partial charge in [-0.2, -0.15) is 0 Å². The van der Waals surface area contributed by atoms with E-state index in [1.54, 1.807) is 17.0 Å². The van der Waals surface area contributed by atoms with Gasteiger partial charge in [0, 0.05) is 17.9 Å². The van der Waals surface area contributed by atoms with Gasteiger partial charge in [-0.1, -0.05) is 29.8 Å². The zero-order valence-corrected chi connectivity index (χ0v) is 14.2. The van der Waals surface area contributed by atoms with Crippen LogP contribution < -0.4 is 4.90 Å². The fourth-order valence-corrected chi connectivity index (χ4v) is 3.24. The lowest BCUT2D eigenvalue weighted by Gasteiger charge is -2.38. The molecule has 0 saturated carbocycles. The number of ether oxygens (including phenoxy) is 1. The Labute approximate surface area is 145 Å². The number of rotatable bonds is 2. The van der Waals surface area contributed by atoms with Gasteiger partial charge in [0.2, 0.25) is 0 Å². The van der Waals surface area contributed by atoms with Gasteiger partial charge in [0.15, 0.2) is 0 Å². The third-order valence-corrected chi connectivity index (χ3v) is 4.49. The summed E-state index contributed by atoms with van der Waals surface area (Å²) in [6, 6.07) is 10.5. The number of anilines is 1. The zero-order chi connectivity index (χ0) is 17.3. The van der Waals surface area contributed by atoms with Crippen molar-refractivity contribution in [2.24, 2.45) is 0 Å². The van der Waals surface area contributed by atoms with E-state index in [0.29, 0.717) is 17.1 Å². The summed E-state index contributed by atoms with van der Waals surface area (Å²) in [5.74, 6) is -0.814. The number of carbonyl (C=O) groups is 2. The van der Waals surface area contributed by atoms with Crippen LogP contribution in [-0.2, 0) is 9.53 Å². The normalized spacial score (nSPS) is 19.5. The van der Waals surface area contributed by atoms with Crippen molar-refractivity contribution in [1.82, 2.24) is 4.98 Å². The summed E-state index contributed by atoms with van der Waals surface area (Å²) in [5.41, 5.74) is 1.99. The maximum atomic E-state index is 13.0. The largest absolute Gasteiger partial charge is 0.469 e. The summed E-state index contributed by atoms with van der Waals surface area (Å²) in [5, 5.41) is 0.337. The SMILES string of the molecule is COC(=O)[C@@H]1C[C@H](C)N(C(=O)c2ccc(Cl)nc2)c2ccccc21. The maximum Gasteiger partial charge on any atom is 0.313 e. The van der Waals surface area contributed by atoms with E-state index in [-0.39, 0.29) is 23.8 Å². The number of nitrogens with zero attached hydrogens (tertiary/aromatic N) is 2. The number of aromatic nitrogens is 1. The van der Waals surface area contributed by atoms with Crippen LogP contribution in [0.1, 0.15) is 35.2 Å². The molecule has 0 fully saturated rings. The zero-order valence-electron chi connectivity index (χ0n) is 13.4. The van der Waals surface area contributed by atoms with Crippen LogP contribution >= 0.6 is 11.6 Å². The second kappa shape index (κ2) is 6.61. The summed E-state index contributed by atoms with van der Waals surface area (Å²) in [7, 11) is 1.38. The molecule has 0 radical (unpaired) electrons. The number of pyridine rings is 1. The van der Waals surface area contributed by atoms with Crippen LogP contribution in [0.3, 0.4) is 0 Å². The summed E-state index contributed by atoms with van der Waals surface area (Å²) in [6.45, 7) is 1.92. The first-order valence-corrected chi connectivity index (χ1v) is 8.02. The number of hydrogen-bond donors (Lipinski definition) is 0. The molecule has 1 aliphatic heterocycles. The van der Waals surface area contributed by atoms with Crippen molar-refractivity contribution in [3.8, 4) is 0 Å². The number of methoxy groups -OCH3 is 1. The van der Waals surface area contributed by atoms with E-state index in [1.807, 2.05) is 31.2 Å². The number of hydrogen-bond acceptors (Lipinski definition) is 4. The Bertz CT molecular complexity index is 776. The minimum Gasteiger partial charge on any atom is -0.469 e. The number of halogens is 1. The Kier molecular flexibility index (Phi) is 4.53. The predicted molar refractivity (Wildman–Crippen MR) is 91.3 cm³/mol. The van der Waals surface area contributed by atoms with E-state index in [0.717, 1.165) is 11.3 Å². The molecule has 0 spiro atoms. The molecule has 1 aromatic heterocycles. The highest BCUT2D eigenvalue weighted by molar-refractivity contribution is 6.29. The van der Waals surface area contributed by atoms with Gasteiger partial charge in [-0.3, -0.25) is 9.59 Å². The molecule has 5 nitrogen and oxygen atoms in total. The molecule has 0 saturated heterocycles. The summed E-state index contributed by atoms with van der Waals surface area (Å²) in [6.07, 6.45) is 1.98. The molecule has 3 rings (SSSR count). The lowest BCUT2D eigenvalue weighted by Crippen LogP contribution is -2.44. The number of para-hydroxylation sites is 1. The molecule has 2 aromatic rings. The maximum absolute atomic E-state index is 13.0. The highest BCUT2D eigenvalue weighted by Crippen LogP contribution is 2.39. The van der Waals surface area contributed by atoms with Gasteiger partial charge in [0.1, 0.15) is 5.15 Å². The van der Waals surface area contributed by atoms with Crippen molar-refractivity contribution in [2.45, 2.75) is 25.3 Å². The third kappa shape index (κ3) is 2.87. The molecule has 124 valence electrons. The number of esters is 1. The first-order valence-electron chi connectivity index (χ1n) is 7.64. The third-order valence-electron chi connectivity index (χ3n) is 4.27. The Morgan fingerprint density at radius 1 is 1.25 bits per heavy atom. The quantitative estimate of drug-likeness (QED) is 0.618. The molecule has 2 atom stereocenters. The van der Waals surface area contributed by atoms with Crippen molar-refractivity contribution in [2.75, 3.05) is 12.0 Å². The average molecular weight is 345 g/mol. The van der Waals surface area contributed by atoms with Gasteiger partial charge >= 0.3 is 5.97 Å². The summed E-state index contributed by atoms with van der Waals surface area (Å²) in [4.78, 5) is 30.8. The topological polar surface area (TPSA) is 59.5 Å². The minimum atomic E-state index is -0.367. The predicted octanol–water partition coefficient (Wildman–Crippen LogP) is 3.43. The number of benzene rings is 1. The van der Waals surface area contributed by atoms with Crippen LogP contribution in [0.25, 0.3) is 0 Å². The van der Waals surface area contributed by atoms with E-state index in [1.165, 1.54) is 13.3 Å². The van der Waals surface area contributed by atoms with E-state index in [9.17, 15) is 9.59 Å². The molecule has 0 unspecified atom stereocenters. The second-order valence-electron chi connectivity index (χ2n) is 5.76. The molecule has 0 N–H and O–H groups in total. The van der Waals surface area contributed by atoms with Gasteiger partial charge in [-0.25, -0.2) is 4.98 Å². The highest BCUT2D eigenvalue weighted by atomic mass is 35.5. The molecule has 6 heteroatoms. The van der Waals surface area contributed by atoms with Crippen LogP contribution in [0.4, 0.5) is 5.69 Å². The Hall–Kier alpha value is -2.40. The van der Waals surface area contributed by atoms with Crippen LogP contribution in [0, 0.1) is 0 Å². The molecular formula is C18H17ClN2O3. The second-order valence-corrected chi connectivity index (χ2v) is 6.15. The Morgan fingerprint density at radius 3 is 2.67 bits per heavy atom. The molecule has 0 bridgehead atoms. The molecular weight excluding hydrogens is 328 g/mol. The first kappa shape index (κ1) is 16.5. The average Bonchev–Trinajstić information content (AvgIpc) is 2.60. The van der Waals surface area contributed by atoms with Crippen molar-refractivity contribution < 1.29 is 14.3 Å². The van der Waals surface area contributed by atoms with Crippen LogP contribution in [0.2, 0.25) is 5.15 Å². The highest BCUT2D eigenvalue weighted by Gasteiger charge is 2.37. The van der Waals surface area contributed by atoms with Gasteiger partial charge in [-0.05, 0) is 37.1 Å². The van der Waals surface area contributed by atoms with Crippen LogP contribution in [0.5, 0.6) is 0 Å². The number of carbonyl (C=O) groups excluding carboxylic acids is 2. The van der Waals surface area contributed by atoms with Crippen molar-refractivity contribution >= 4 is 29.2 Å². The first-order chi connectivity index (χ1) is 11.5. The van der Waals surface area contributed by atoms with Crippen molar-refractivity contribution in [1.29, 1.82) is 0 Å². The fourth-order valence-electron chi connectivity index (χ4n) is 3.13. The van der Waals surface area contributed by atoms with E-state index >= 15 is 0 Å². The minimum absolute atomic E-state index is 0.146. The van der Waals surface area contributed by atoms with Gasteiger partial charge < -0.3 is 9.64 Å². The molecule has 1 aromatic carbocycles. The Balaban J connectivity index is 2.03. The lowest BCUT2D eigenvalue weighted by atomic mass is 9.85. The van der Waals surface area contributed by atoms with Gasteiger partial charge in [0.05, 0.1) is 18.6 Å². The fraction of sp³-hybridized carbons (Fsp3) is 0.278. The van der Waals surface area contributed by atoms with Crippen LogP contribution in [0.15, 0.2) is 42.6 Å². The molecule has 1 aliphatic rings. The lowest BCUT2D eigenvalue weighted by molar-refractivity contribution is -0.142. The molecule has 1 amide bonds. The summed E-state index contributed by atoms with van der Waals surface area (Å²) < 4.78 is 4.92. The van der Waals surface area contributed by atoms with E-state index in [4.69, 9.17) is 16.3 Å². The van der Waals surface area contributed by atoms with Crippen molar-refractivity contribution in [3.63, 3.8) is 0 Å². The monoisotopic (exact) mass is 344 g/mol. The van der Waals surface area contributed by atoms with Crippen LogP contribution in [-0.4, -0.2) is 30.0 Å². The van der Waals surface area contributed by atoms with E-state index < -0.39 is 0 Å². The van der Waals surface area contributed by atoms with E-state index in [2.05, 4.69) is 4.98 Å². The number of amides is 1.